The molecular formula is C19H17N3O3S. The van der Waals surface area contributed by atoms with Crippen molar-refractivity contribution in [3.63, 3.8) is 0 Å². The van der Waals surface area contributed by atoms with Crippen molar-refractivity contribution in [3.05, 3.63) is 83.0 Å². The van der Waals surface area contributed by atoms with Crippen LogP contribution in [-0.4, -0.2) is 24.4 Å². The minimum atomic E-state index is -3.76. The SMILES string of the molecule is Cc1ccc(C(=O)c2ccc(NS(=O)(=O)c3ccc(C)cc3)nn2)cc1. The Morgan fingerprint density at radius 1 is 0.808 bits per heavy atom. The van der Waals surface area contributed by atoms with E-state index in [0.29, 0.717) is 5.56 Å². The van der Waals surface area contributed by atoms with Crippen LogP contribution in [0.3, 0.4) is 0 Å². The van der Waals surface area contributed by atoms with Gasteiger partial charge in [-0.15, -0.1) is 10.2 Å². The molecule has 6 nitrogen and oxygen atoms in total. The molecule has 7 heteroatoms. The van der Waals surface area contributed by atoms with Gasteiger partial charge in [-0.2, -0.15) is 0 Å². The van der Waals surface area contributed by atoms with E-state index in [1.165, 1.54) is 24.3 Å². The second kappa shape index (κ2) is 7.05. The number of carbonyl (C=O) groups is 1. The number of benzene rings is 2. The molecule has 0 fully saturated rings. The van der Waals surface area contributed by atoms with Crippen LogP contribution in [0, 0.1) is 13.8 Å². The molecule has 0 spiro atoms. The Labute approximate surface area is 152 Å². The Kier molecular flexibility index (Phi) is 4.81. The molecule has 0 aliphatic rings. The third-order valence-electron chi connectivity index (χ3n) is 3.78. The number of anilines is 1. The second-order valence-corrected chi connectivity index (χ2v) is 7.60. The van der Waals surface area contributed by atoms with Crippen molar-refractivity contribution < 1.29 is 13.2 Å². The zero-order valence-electron chi connectivity index (χ0n) is 14.3. The highest BCUT2D eigenvalue weighted by Crippen LogP contribution is 2.15. The summed E-state index contributed by atoms with van der Waals surface area (Å²) in [6.45, 7) is 3.81. The average Bonchev–Trinajstić information content (AvgIpc) is 2.62. The first-order chi connectivity index (χ1) is 12.3. The number of rotatable bonds is 5. The molecule has 0 aliphatic heterocycles. The van der Waals surface area contributed by atoms with Gasteiger partial charge in [0.2, 0.25) is 5.78 Å². The van der Waals surface area contributed by atoms with E-state index in [0.717, 1.165) is 11.1 Å². The van der Waals surface area contributed by atoms with Crippen LogP contribution >= 0.6 is 0 Å². The predicted octanol–water partition coefficient (Wildman–Crippen LogP) is 3.13. The van der Waals surface area contributed by atoms with Crippen LogP contribution < -0.4 is 4.72 Å². The van der Waals surface area contributed by atoms with Crippen LogP contribution in [0.5, 0.6) is 0 Å². The highest BCUT2D eigenvalue weighted by atomic mass is 32.2. The first kappa shape index (κ1) is 17.8. The Morgan fingerprint density at radius 2 is 1.38 bits per heavy atom. The third-order valence-corrected chi connectivity index (χ3v) is 5.15. The van der Waals surface area contributed by atoms with Gasteiger partial charge in [0.15, 0.2) is 5.82 Å². The van der Waals surface area contributed by atoms with E-state index < -0.39 is 10.0 Å². The molecule has 0 saturated carbocycles. The van der Waals surface area contributed by atoms with E-state index in [9.17, 15) is 13.2 Å². The standard InChI is InChI=1S/C19H17N3O3S/c1-13-3-7-15(8-4-13)19(23)17-11-12-18(21-20-17)22-26(24,25)16-9-5-14(2)6-10-16/h3-12H,1-2H3,(H,21,22). The second-order valence-electron chi connectivity index (χ2n) is 5.92. The lowest BCUT2D eigenvalue weighted by molar-refractivity contribution is 0.103. The summed E-state index contributed by atoms with van der Waals surface area (Å²) in [6, 6.07) is 16.4. The van der Waals surface area contributed by atoms with Crippen molar-refractivity contribution in [1.82, 2.24) is 10.2 Å². The number of hydrogen-bond acceptors (Lipinski definition) is 5. The molecule has 0 unspecified atom stereocenters. The van der Waals surface area contributed by atoms with Gasteiger partial charge in [-0.3, -0.25) is 9.52 Å². The van der Waals surface area contributed by atoms with Crippen LogP contribution in [0.4, 0.5) is 5.82 Å². The zero-order valence-corrected chi connectivity index (χ0v) is 15.1. The predicted molar refractivity (Wildman–Crippen MR) is 98.6 cm³/mol. The van der Waals surface area contributed by atoms with Crippen LogP contribution in [-0.2, 0) is 10.0 Å². The fraction of sp³-hybridized carbons (Fsp3) is 0.105. The maximum Gasteiger partial charge on any atom is 0.263 e. The first-order valence-corrected chi connectivity index (χ1v) is 9.38. The van der Waals surface area contributed by atoms with Gasteiger partial charge in [0.25, 0.3) is 10.0 Å². The van der Waals surface area contributed by atoms with Gasteiger partial charge >= 0.3 is 0 Å². The quantitative estimate of drug-likeness (QED) is 0.700. The van der Waals surface area contributed by atoms with Gasteiger partial charge in [-0.25, -0.2) is 8.42 Å². The minimum absolute atomic E-state index is 0.0473. The third kappa shape index (κ3) is 3.94. The molecule has 0 atom stereocenters. The Bertz CT molecular complexity index is 1030. The van der Waals surface area contributed by atoms with Gasteiger partial charge in [-0.1, -0.05) is 47.5 Å². The summed E-state index contributed by atoms with van der Waals surface area (Å²) in [5.74, 6) is -0.225. The van der Waals surface area contributed by atoms with Gasteiger partial charge in [0.05, 0.1) is 4.90 Å². The molecule has 0 aliphatic carbocycles. The summed E-state index contributed by atoms with van der Waals surface area (Å²) in [5.41, 5.74) is 2.65. The number of carbonyl (C=O) groups excluding carboxylic acids is 1. The summed E-state index contributed by atoms with van der Waals surface area (Å²) < 4.78 is 27.0. The van der Waals surface area contributed by atoms with Crippen molar-refractivity contribution in [3.8, 4) is 0 Å². The van der Waals surface area contributed by atoms with Crippen molar-refractivity contribution in [1.29, 1.82) is 0 Å². The number of nitrogens with one attached hydrogen (secondary N) is 1. The maximum atomic E-state index is 12.4. The van der Waals surface area contributed by atoms with Crippen LogP contribution in [0.25, 0.3) is 0 Å². The topological polar surface area (TPSA) is 89.0 Å². The average molecular weight is 367 g/mol. The summed E-state index contributed by atoms with van der Waals surface area (Å²) >= 11 is 0. The molecule has 0 bridgehead atoms. The first-order valence-electron chi connectivity index (χ1n) is 7.90. The van der Waals surface area contributed by atoms with Crippen LogP contribution in [0.1, 0.15) is 27.2 Å². The van der Waals surface area contributed by atoms with Crippen LogP contribution in [0.15, 0.2) is 65.6 Å². The summed E-state index contributed by atoms with van der Waals surface area (Å²) in [6.07, 6.45) is 0. The molecule has 1 N–H and O–H groups in total. The van der Waals surface area contributed by atoms with Gasteiger partial charge in [0.1, 0.15) is 5.69 Å². The van der Waals surface area contributed by atoms with E-state index in [4.69, 9.17) is 0 Å². The molecule has 132 valence electrons. The zero-order chi connectivity index (χ0) is 18.7. The number of ketones is 1. The van der Waals surface area contributed by atoms with Gasteiger partial charge in [0, 0.05) is 5.56 Å². The van der Waals surface area contributed by atoms with Crippen molar-refractivity contribution in [2.24, 2.45) is 0 Å². The van der Waals surface area contributed by atoms with Crippen molar-refractivity contribution in [2.45, 2.75) is 18.7 Å². The van der Waals surface area contributed by atoms with E-state index in [1.54, 1.807) is 24.3 Å². The molecular weight excluding hydrogens is 350 g/mol. The van der Waals surface area contributed by atoms with Crippen molar-refractivity contribution >= 4 is 21.6 Å². The Morgan fingerprint density at radius 3 is 1.92 bits per heavy atom. The number of nitrogens with zero attached hydrogens (tertiary/aromatic N) is 2. The number of aromatic nitrogens is 2. The highest BCUT2D eigenvalue weighted by Gasteiger charge is 2.16. The lowest BCUT2D eigenvalue weighted by Gasteiger charge is -2.07. The largest absolute Gasteiger partial charge is 0.287 e. The minimum Gasteiger partial charge on any atom is -0.287 e. The lowest BCUT2D eigenvalue weighted by atomic mass is 10.1. The molecule has 26 heavy (non-hydrogen) atoms. The number of aryl methyl sites for hydroxylation is 2. The van der Waals surface area contributed by atoms with Gasteiger partial charge < -0.3 is 0 Å². The summed E-state index contributed by atoms with van der Waals surface area (Å²) in [5, 5.41) is 7.65. The molecule has 1 heterocycles. The highest BCUT2D eigenvalue weighted by molar-refractivity contribution is 7.92. The molecule has 3 aromatic rings. The normalized spacial score (nSPS) is 11.2. The van der Waals surface area contributed by atoms with E-state index in [2.05, 4.69) is 14.9 Å². The molecule has 0 saturated heterocycles. The van der Waals surface area contributed by atoms with E-state index >= 15 is 0 Å². The Hall–Kier alpha value is -3.06. The summed E-state index contributed by atoms with van der Waals surface area (Å²) in [4.78, 5) is 12.5. The number of hydrogen-bond donors (Lipinski definition) is 1. The van der Waals surface area contributed by atoms with E-state index in [1.807, 2.05) is 26.0 Å². The molecule has 1 aromatic heterocycles. The fourth-order valence-corrected chi connectivity index (χ4v) is 3.27. The van der Waals surface area contributed by atoms with E-state index in [-0.39, 0.29) is 22.2 Å². The summed E-state index contributed by atoms with van der Waals surface area (Å²) in [7, 11) is -3.76. The Balaban J connectivity index is 1.78. The maximum absolute atomic E-state index is 12.4. The van der Waals surface area contributed by atoms with Crippen LogP contribution in [0.2, 0.25) is 0 Å². The van der Waals surface area contributed by atoms with Gasteiger partial charge in [-0.05, 0) is 38.1 Å². The molecule has 0 amide bonds. The fourth-order valence-electron chi connectivity index (χ4n) is 2.27. The molecule has 0 radical (unpaired) electrons. The van der Waals surface area contributed by atoms with Crippen molar-refractivity contribution in [2.75, 3.05) is 4.72 Å². The monoisotopic (exact) mass is 367 g/mol. The molecule has 2 aromatic carbocycles. The molecule has 3 rings (SSSR count). The smallest absolute Gasteiger partial charge is 0.263 e. The lowest BCUT2D eigenvalue weighted by Crippen LogP contribution is -2.15. The number of sulfonamides is 1.